The lowest BCUT2D eigenvalue weighted by atomic mass is 10.1. The number of anilines is 2. The molecule has 1 aromatic carbocycles. The van der Waals surface area contributed by atoms with E-state index in [4.69, 9.17) is 10.5 Å². The summed E-state index contributed by atoms with van der Waals surface area (Å²) in [4.78, 5) is 25.4. The van der Waals surface area contributed by atoms with Crippen molar-refractivity contribution in [3.8, 4) is 0 Å². The van der Waals surface area contributed by atoms with Crippen molar-refractivity contribution in [1.29, 1.82) is 0 Å². The van der Waals surface area contributed by atoms with Gasteiger partial charge in [0.05, 0.1) is 23.5 Å². The maximum atomic E-state index is 12.0. The van der Waals surface area contributed by atoms with Crippen molar-refractivity contribution >= 4 is 23.3 Å². The van der Waals surface area contributed by atoms with E-state index < -0.39 is 5.97 Å². The number of carbonyl (C=O) groups excluding carboxylic acids is 2. The third-order valence-corrected chi connectivity index (χ3v) is 3.22. The van der Waals surface area contributed by atoms with Gasteiger partial charge in [-0.25, -0.2) is 4.79 Å². The summed E-state index contributed by atoms with van der Waals surface area (Å²) in [5.74, 6) is -0.428. The van der Waals surface area contributed by atoms with Crippen LogP contribution in [0, 0.1) is 0 Å². The van der Waals surface area contributed by atoms with Crippen LogP contribution in [0.1, 0.15) is 23.7 Å². The standard InChI is InChI=1S/C14H19N3O3/c1-3-20-14(19)9-4-5-11(16-2)12(6-9)17-8-10(15)7-13(17)18/h4-6,10,16H,3,7-8,15H2,1-2H3. The van der Waals surface area contributed by atoms with Gasteiger partial charge in [0.2, 0.25) is 5.91 Å². The molecule has 1 fully saturated rings. The quantitative estimate of drug-likeness (QED) is 0.801. The average Bonchev–Trinajstić information content (AvgIpc) is 2.77. The van der Waals surface area contributed by atoms with Gasteiger partial charge in [-0.1, -0.05) is 0 Å². The van der Waals surface area contributed by atoms with Crippen LogP contribution >= 0.6 is 0 Å². The van der Waals surface area contributed by atoms with Gasteiger partial charge in [0.15, 0.2) is 0 Å². The summed E-state index contributed by atoms with van der Waals surface area (Å²) in [5, 5.41) is 3.02. The van der Waals surface area contributed by atoms with Crippen LogP contribution in [-0.4, -0.2) is 38.1 Å². The minimum absolute atomic E-state index is 0.0324. The van der Waals surface area contributed by atoms with E-state index in [1.807, 2.05) is 0 Å². The molecule has 1 aliphatic rings. The Morgan fingerprint density at radius 3 is 2.85 bits per heavy atom. The molecule has 0 saturated carbocycles. The number of hydrogen-bond acceptors (Lipinski definition) is 5. The summed E-state index contributed by atoms with van der Waals surface area (Å²) in [5.41, 5.74) is 7.68. The zero-order valence-electron chi connectivity index (χ0n) is 11.7. The van der Waals surface area contributed by atoms with Crippen LogP contribution < -0.4 is 16.0 Å². The second-order valence-electron chi connectivity index (χ2n) is 4.67. The molecule has 20 heavy (non-hydrogen) atoms. The van der Waals surface area contributed by atoms with Crippen molar-refractivity contribution < 1.29 is 14.3 Å². The van der Waals surface area contributed by atoms with Gasteiger partial charge in [0.1, 0.15) is 0 Å². The lowest BCUT2D eigenvalue weighted by Crippen LogP contribution is -2.28. The minimum atomic E-state index is -0.396. The largest absolute Gasteiger partial charge is 0.462 e. The van der Waals surface area contributed by atoms with Gasteiger partial charge in [-0.05, 0) is 25.1 Å². The molecule has 0 spiro atoms. The third-order valence-electron chi connectivity index (χ3n) is 3.22. The van der Waals surface area contributed by atoms with E-state index in [1.54, 1.807) is 37.1 Å². The zero-order valence-corrected chi connectivity index (χ0v) is 11.7. The number of benzene rings is 1. The molecule has 6 heteroatoms. The number of nitrogens with one attached hydrogen (secondary N) is 1. The Morgan fingerprint density at radius 1 is 1.55 bits per heavy atom. The number of carbonyl (C=O) groups is 2. The second-order valence-corrected chi connectivity index (χ2v) is 4.67. The first-order valence-electron chi connectivity index (χ1n) is 6.61. The number of esters is 1. The van der Waals surface area contributed by atoms with Crippen LogP contribution in [0.3, 0.4) is 0 Å². The Kier molecular flexibility index (Phi) is 4.24. The first-order valence-corrected chi connectivity index (χ1v) is 6.61. The monoisotopic (exact) mass is 277 g/mol. The van der Waals surface area contributed by atoms with Crippen molar-refractivity contribution in [2.75, 3.05) is 30.4 Å². The maximum Gasteiger partial charge on any atom is 0.338 e. The fourth-order valence-corrected chi connectivity index (χ4v) is 2.28. The van der Waals surface area contributed by atoms with Crippen molar-refractivity contribution in [2.45, 2.75) is 19.4 Å². The Labute approximate surface area is 117 Å². The Balaban J connectivity index is 2.37. The number of hydrogen-bond donors (Lipinski definition) is 2. The van der Waals surface area contributed by atoms with Crippen LogP contribution in [0.25, 0.3) is 0 Å². The van der Waals surface area contributed by atoms with E-state index in [1.165, 1.54) is 0 Å². The van der Waals surface area contributed by atoms with Gasteiger partial charge in [-0.2, -0.15) is 0 Å². The number of ether oxygens (including phenoxy) is 1. The molecule has 3 N–H and O–H groups in total. The molecule has 2 rings (SSSR count). The van der Waals surface area contributed by atoms with E-state index in [9.17, 15) is 9.59 Å². The Bertz CT molecular complexity index is 530. The third kappa shape index (κ3) is 2.75. The molecule has 1 aliphatic heterocycles. The minimum Gasteiger partial charge on any atom is -0.462 e. The maximum absolute atomic E-state index is 12.0. The SMILES string of the molecule is CCOC(=O)c1ccc(NC)c(N2CC(N)CC2=O)c1. The van der Waals surface area contributed by atoms with Crippen molar-refractivity contribution in [3.63, 3.8) is 0 Å². The number of nitrogens with zero attached hydrogens (tertiary/aromatic N) is 1. The van der Waals surface area contributed by atoms with Crippen molar-refractivity contribution in [2.24, 2.45) is 5.73 Å². The molecule has 1 amide bonds. The summed E-state index contributed by atoms with van der Waals surface area (Å²) in [6, 6.07) is 4.94. The zero-order chi connectivity index (χ0) is 14.7. The van der Waals surface area contributed by atoms with E-state index in [0.717, 1.165) is 5.69 Å². The highest BCUT2D eigenvalue weighted by Gasteiger charge is 2.30. The predicted molar refractivity (Wildman–Crippen MR) is 76.9 cm³/mol. The summed E-state index contributed by atoms with van der Waals surface area (Å²) >= 11 is 0. The molecule has 6 nitrogen and oxygen atoms in total. The molecule has 0 aromatic heterocycles. The van der Waals surface area contributed by atoms with Gasteiger partial charge in [-0.15, -0.1) is 0 Å². The van der Waals surface area contributed by atoms with E-state index in [-0.39, 0.29) is 11.9 Å². The van der Waals surface area contributed by atoms with E-state index >= 15 is 0 Å². The lowest BCUT2D eigenvalue weighted by Gasteiger charge is -2.20. The first kappa shape index (κ1) is 14.3. The van der Waals surface area contributed by atoms with Crippen LogP contribution in [0.15, 0.2) is 18.2 Å². The lowest BCUT2D eigenvalue weighted by molar-refractivity contribution is -0.117. The molecule has 1 unspecified atom stereocenters. The smallest absolute Gasteiger partial charge is 0.338 e. The van der Waals surface area contributed by atoms with Crippen molar-refractivity contribution in [1.82, 2.24) is 0 Å². The van der Waals surface area contributed by atoms with E-state index in [2.05, 4.69) is 5.32 Å². The van der Waals surface area contributed by atoms with Gasteiger partial charge in [0.25, 0.3) is 0 Å². The summed E-state index contributed by atoms with van der Waals surface area (Å²) in [6.07, 6.45) is 0.326. The number of nitrogens with two attached hydrogens (primary N) is 1. The molecule has 0 bridgehead atoms. The fourth-order valence-electron chi connectivity index (χ4n) is 2.28. The molecule has 108 valence electrons. The Hall–Kier alpha value is -2.08. The second kappa shape index (κ2) is 5.92. The van der Waals surface area contributed by atoms with E-state index in [0.29, 0.717) is 30.8 Å². The summed E-state index contributed by atoms with van der Waals surface area (Å²) in [7, 11) is 1.77. The van der Waals surface area contributed by atoms with Crippen LogP contribution in [-0.2, 0) is 9.53 Å². The predicted octanol–water partition coefficient (Wildman–Crippen LogP) is 0.969. The fraction of sp³-hybridized carbons (Fsp3) is 0.429. The topological polar surface area (TPSA) is 84.7 Å². The average molecular weight is 277 g/mol. The highest BCUT2D eigenvalue weighted by atomic mass is 16.5. The first-order chi connectivity index (χ1) is 9.56. The summed E-state index contributed by atoms with van der Waals surface area (Å²) in [6.45, 7) is 2.53. The molecule has 1 atom stereocenters. The van der Waals surface area contributed by atoms with Crippen LogP contribution in [0.4, 0.5) is 11.4 Å². The molecule has 1 saturated heterocycles. The number of amides is 1. The van der Waals surface area contributed by atoms with Crippen LogP contribution in [0.5, 0.6) is 0 Å². The Morgan fingerprint density at radius 2 is 2.30 bits per heavy atom. The molecule has 0 radical (unpaired) electrons. The van der Waals surface area contributed by atoms with Gasteiger partial charge in [-0.3, -0.25) is 4.79 Å². The van der Waals surface area contributed by atoms with Crippen LogP contribution in [0.2, 0.25) is 0 Å². The molecule has 1 aromatic rings. The number of rotatable bonds is 4. The normalized spacial score (nSPS) is 18.2. The molecule has 1 heterocycles. The molecular formula is C14H19N3O3. The molecule has 0 aliphatic carbocycles. The van der Waals surface area contributed by atoms with Gasteiger partial charge in [0, 0.05) is 26.1 Å². The summed E-state index contributed by atoms with van der Waals surface area (Å²) < 4.78 is 4.98. The highest BCUT2D eigenvalue weighted by Crippen LogP contribution is 2.30. The van der Waals surface area contributed by atoms with Gasteiger partial charge >= 0.3 is 5.97 Å². The van der Waals surface area contributed by atoms with Crippen molar-refractivity contribution in [3.05, 3.63) is 23.8 Å². The van der Waals surface area contributed by atoms with Gasteiger partial charge < -0.3 is 20.7 Å². The highest BCUT2D eigenvalue weighted by molar-refractivity contribution is 6.01. The molecular weight excluding hydrogens is 258 g/mol.